The van der Waals surface area contributed by atoms with Crippen molar-refractivity contribution in [2.24, 2.45) is 0 Å². The normalized spacial score (nSPS) is 10.7. The number of methoxy groups -OCH3 is 1. The highest BCUT2D eigenvalue weighted by molar-refractivity contribution is 9.10. The van der Waals surface area contributed by atoms with E-state index in [9.17, 15) is 5.11 Å². The minimum atomic E-state index is -0.168. The summed E-state index contributed by atoms with van der Waals surface area (Å²) in [6.07, 6.45) is 0. The van der Waals surface area contributed by atoms with Crippen molar-refractivity contribution in [3.05, 3.63) is 58.6 Å². The van der Waals surface area contributed by atoms with Crippen LogP contribution in [0.25, 0.3) is 22.6 Å². The topological polar surface area (TPSA) is 55.5 Å². The summed E-state index contributed by atoms with van der Waals surface area (Å²) < 4.78 is 11.8. The standard InChI is InChI=1S/C17H14BrNO3/c1-21-15-8-3-2-7-13(15)16-14(10-20)17(22-19-16)11-5-4-6-12(18)9-11/h2-9,20H,10H2,1H3. The van der Waals surface area contributed by atoms with Gasteiger partial charge in [0.1, 0.15) is 11.4 Å². The number of para-hydroxylation sites is 1. The van der Waals surface area contributed by atoms with Crippen molar-refractivity contribution in [3.8, 4) is 28.3 Å². The van der Waals surface area contributed by atoms with Crippen LogP contribution >= 0.6 is 15.9 Å². The van der Waals surface area contributed by atoms with Crippen LogP contribution in [0, 0.1) is 0 Å². The molecule has 3 aromatic rings. The van der Waals surface area contributed by atoms with E-state index in [1.165, 1.54) is 0 Å². The van der Waals surface area contributed by atoms with Crippen LogP contribution in [0.5, 0.6) is 5.75 Å². The van der Waals surface area contributed by atoms with Crippen LogP contribution in [-0.2, 0) is 6.61 Å². The van der Waals surface area contributed by atoms with Gasteiger partial charge in [0, 0.05) is 15.6 Å². The van der Waals surface area contributed by atoms with E-state index in [0.717, 1.165) is 15.6 Å². The smallest absolute Gasteiger partial charge is 0.173 e. The third-order valence-corrected chi connectivity index (χ3v) is 3.89. The number of hydrogen-bond donors (Lipinski definition) is 1. The number of benzene rings is 2. The number of aliphatic hydroxyl groups is 1. The van der Waals surface area contributed by atoms with Gasteiger partial charge in [0.05, 0.1) is 19.3 Å². The fraction of sp³-hybridized carbons (Fsp3) is 0.118. The average Bonchev–Trinajstić information content (AvgIpc) is 2.98. The minimum Gasteiger partial charge on any atom is -0.496 e. The summed E-state index contributed by atoms with van der Waals surface area (Å²) in [6, 6.07) is 15.2. The summed E-state index contributed by atoms with van der Waals surface area (Å²) in [4.78, 5) is 0. The summed E-state index contributed by atoms with van der Waals surface area (Å²) >= 11 is 3.44. The average molecular weight is 360 g/mol. The molecule has 2 aromatic carbocycles. The minimum absolute atomic E-state index is 0.168. The first-order valence-electron chi connectivity index (χ1n) is 6.73. The highest BCUT2D eigenvalue weighted by Gasteiger charge is 2.20. The van der Waals surface area contributed by atoms with Gasteiger partial charge in [-0.15, -0.1) is 0 Å². The van der Waals surface area contributed by atoms with Gasteiger partial charge in [-0.25, -0.2) is 0 Å². The molecule has 0 atom stereocenters. The summed E-state index contributed by atoms with van der Waals surface area (Å²) in [7, 11) is 1.60. The lowest BCUT2D eigenvalue weighted by Crippen LogP contribution is -1.92. The van der Waals surface area contributed by atoms with E-state index in [2.05, 4.69) is 21.1 Å². The fourth-order valence-corrected chi connectivity index (χ4v) is 2.76. The monoisotopic (exact) mass is 359 g/mol. The Balaban J connectivity index is 2.16. The number of nitrogens with zero attached hydrogens (tertiary/aromatic N) is 1. The van der Waals surface area contributed by atoms with Crippen molar-refractivity contribution in [3.63, 3.8) is 0 Å². The number of rotatable bonds is 4. The molecule has 0 radical (unpaired) electrons. The van der Waals surface area contributed by atoms with Crippen LogP contribution in [0.3, 0.4) is 0 Å². The molecule has 3 rings (SSSR count). The molecule has 0 saturated heterocycles. The Hall–Kier alpha value is -2.11. The van der Waals surface area contributed by atoms with Crippen molar-refractivity contribution < 1.29 is 14.4 Å². The van der Waals surface area contributed by atoms with Crippen molar-refractivity contribution >= 4 is 15.9 Å². The second-order valence-electron chi connectivity index (χ2n) is 4.71. The maximum absolute atomic E-state index is 9.79. The molecule has 0 unspecified atom stereocenters. The van der Waals surface area contributed by atoms with Gasteiger partial charge in [0.25, 0.3) is 0 Å². The van der Waals surface area contributed by atoms with Gasteiger partial charge in [-0.2, -0.15) is 0 Å². The number of ether oxygens (including phenoxy) is 1. The van der Waals surface area contributed by atoms with Crippen LogP contribution in [0.4, 0.5) is 0 Å². The molecule has 0 saturated carbocycles. The first-order chi connectivity index (χ1) is 10.7. The first-order valence-corrected chi connectivity index (χ1v) is 7.52. The van der Waals surface area contributed by atoms with E-state index in [1.807, 2.05) is 48.5 Å². The maximum atomic E-state index is 9.79. The van der Waals surface area contributed by atoms with E-state index in [0.29, 0.717) is 22.8 Å². The Morgan fingerprint density at radius 2 is 2.00 bits per heavy atom. The molecule has 0 bridgehead atoms. The lowest BCUT2D eigenvalue weighted by molar-refractivity contribution is 0.281. The molecule has 0 spiro atoms. The number of halogens is 1. The van der Waals surface area contributed by atoms with Crippen LogP contribution < -0.4 is 4.74 Å². The Kier molecular flexibility index (Phi) is 4.27. The van der Waals surface area contributed by atoms with Gasteiger partial charge in [-0.05, 0) is 24.3 Å². The lowest BCUT2D eigenvalue weighted by Gasteiger charge is -2.06. The Labute approximate surface area is 136 Å². The molecule has 0 fully saturated rings. The molecule has 0 aliphatic heterocycles. The zero-order chi connectivity index (χ0) is 15.5. The van der Waals surface area contributed by atoms with Crippen molar-refractivity contribution in [1.29, 1.82) is 0 Å². The summed E-state index contributed by atoms with van der Waals surface area (Å²) in [6.45, 7) is -0.168. The van der Waals surface area contributed by atoms with Crippen LogP contribution in [0.1, 0.15) is 5.56 Å². The third-order valence-electron chi connectivity index (χ3n) is 3.40. The molecule has 112 valence electrons. The molecule has 0 amide bonds. The Morgan fingerprint density at radius 1 is 1.18 bits per heavy atom. The summed E-state index contributed by atoms with van der Waals surface area (Å²) in [5.41, 5.74) is 2.88. The van der Waals surface area contributed by atoms with E-state index >= 15 is 0 Å². The van der Waals surface area contributed by atoms with Crippen molar-refractivity contribution in [2.45, 2.75) is 6.61 Å². The first kappa shape index (κ1) is 14.8. The highest BCUT2D eigenvalue weighted by atomic mass is 79.9. The van der Waals surface area contributed by atoms with Crippen molar-refractivity contribution in [2.75, 3.05) is 7.11 Å². The fourth-order valence-electron chi connectivity index (χ4n) is 2.36. The maximum Gasteiger partial charge on any atom is 0.173 e. The van der Waals surface area contributed by atoms with Gasteiger partial charge in [0.2, 0.25) is 0 Å². The van der Waals surface area contributed by atoms with Crippen LogP contribution in [0.15, 0.2) is 57.5 Å². The summed E-state index contributed by atoms with van der Waals surface area (Å²) in [5, 5.41) is 13.9. The van der Waals surface area contributed by atoms with E-state index < -0.39 is 0 Å². The van der Waals surface area contributed by atoms with E-state index in [1.54, 1.807) is 7.11 Å². The van der Waals surface area contributed by atoms with Crippen LogP contribution in [0.2, 0.25) is 0 Å². The molecule has 1 N–H and O–H groups in total. The Bertz CT molecular complexity index is 798. The molecule has 5 heteroatoms. The van der Waals surface area contributed by atoms with Crippen LogP contribution in [-0.4, -0.2) is 17.4 Å². The Morgan fingerprint density at radius 3 is 2.73 bits per heavy atom. The lowest BCUT2D eigenvalue weighted by atomic mass is 10.0. The SMILES string of the molecule is COc1ccccc1-c1noc(-c2cccc(Br)c2)c1CO. The number of hydrogen-bond acceptors (Lipinski definition) is 4. The van der Waals surface area contributed by atoms with Gasteiger partial charge >= 0.3 is 0 Å². The summed E-state index contributed by atoms with van der Waals surface area (Å²) in [5.74, 6) is 1.25. The number of aliphatic hydroxyl groups excluding tert-OH is 1. The van der Waals surface area contributed by atoms with E-state index in [-0.39, 0.29) is 6.61 Å². The predicted octanol–water partition coefficient (Wildman–Crippen LogP) is 4.27. The quantitative estimate of drug-likeness (QED) is 0.755. The molecule has 1 heterocycles. The molecule has 0 aliphatic carbocycles. The number of aromatic nitrogens is 1. The molecule has 22 heavy (non-hydrogen) atoms. The van der Waals surface area contributed by atoms with Gasteiger partial charge in [-0.1, -0.05) is 45.4 Å². The molecular weight excluding hydrogens is 346 g/mol. The highest BCUT2D eigenvalue weighted by Crippen LogP contribution is 2.36. The molecule has 4 nitrogen and oxygen atoms in total. The molecule has 0 aliphatic rings. The predicted molar refractivity (Wildman–Crippen MR) is 87.5 cm³/mol. The second-order valence-corrected chi connectivity index (χ2v) is 5.62. The van der Waals surface area contributed by atoms with Gasteiger partial charge in [-0.3, -0.25) is 0 Å². The third kappa shape index (κ3) is 2.65. The largest absolute Gasteiger partial charge is 0.496 e. The van der Waals surface area contributed by atoms with Gasteiger partial charge < -0.3 is 14.4 Å². The molecule has 1 aromatic heterocycles. The zero-order valence-corrected chi connectivity index (χ0v) is 13.5. The van der Waals surface area contributed by atoms with E-state index in [4.69, 9.17) is 9.26 Å². The van der Waals surface area contributed by atoms with Crippen molar-refractivity contribution in [1.82, 2.24) is 5.16 Å². The molecular formula is C17H14BrNO3. The van der Waals surface area contributed by atoms with Gasteiger partial charge in [0.15, 0.2) is 5.76 Å². The zero-order valence-electron chi connectivity index (χ0n) is 11.9. The second kappa shape index (κ2) is 6.34.